The van der Waals surface area contributed by atoms with Crippen LogP contribution in [-0.2, 0) is 11.8 Å². The number of imidazole rings is 1. The highest BCUT2D eigenvalue weighted by Gasteiger charge is 2.31. The summed E-state index contributed by atoms with van der Waals surface area (Å²) in [5.74, 6) is -1.37. The molecule has 0 fully saturated rings. The van der Waals surface area contributed by atoms with Gasteiger partial charge in [-0.15, -0.1) is 13.2 Å². The molecule has 4 aromatic rings. The van der Waals surface area contributed by atoms with Gasteiger partial charge in [-0.2, -0.15) is 0 Å². The molecule has 2 aromatic carbocycles. The van der Waals surface area contributed by atoms with Crippen LogP contribution in [0.1, 0.15) is 16.8 Å². The van der Waals surface area contributed by atoms with E-state index in [9.17, 15) is 27.9 Å². The Balaban J connectivity index is 1.55. The van der Waals surface area contributed by atoms with E-state index in [2.05, 4.69) is 20.0 Å². The van der Waals surface area contributed by atoms with Gasteiger partial charge in [-0.05, 0) is 30.3 Å². The minimum Gasteiger partial charge on any atom is -0.406 e. The Morgan fingerprint density at radius 3 is 2.58 bits per heavy atom. The number of aromatic nitrogens is 3. The normalized spacial score (nSPS) is 12.6. The number of Topliss-reactive ketones (excluding diaryl/α,β-unsaturated/α-hetero) is 1. The van der Waals surface area contributed by atoms with E-state index in [-0.39, 0.29) is 23.9 Å². The number of amides is 1. The molecule has 0 saturated carbocycles. The highest BCUT2D eigenvalue weighted by Crippen LogP contribution is 2.33. The first-order chi connectivity index (χ1) is 16.9. The van der Waals surface area contributed by atoms with Crippen molar-refractivity contribution in [2.45, 2.75) is 12.8 Å². The average molecular weight is 522 g/mol. The summed E-state index contributed by atoms with van der Waals surface area (Å²) in [6.07, 6.45) is -4.92. The van der Waals surface area contributed by atoms with Crippen LogP contribution in [0.5, 0.6) is 5.75 Å². The van der Waals surface area contributed by atoms with Gasteiger partial charge >= 0.3 is 6.36 Å². The topological polar surface area (TPSA) is 110 Å². The first-order valence-electron chi connectivity index (χ1n) is 10.7. The van der Waals surface area contributed by atoms with E-state index in [1.54, 1.807) is 43.9 Å². The van der Waals surface area contributed by atoms with E-state index in [4.69, 9.17) is 0 Å². The van der Waals surface area contributed by atoms with Crippen molar-refractivity contribution >= 4 is 55.4 Å². The zero-order valence-electron chi connectivity index (χ0n) is 19.5. The Labute approximate surface area is 207 Å². The number of nitrogens with one attached hydrogen (secondary N) is 1. The summed E-state index contributed by atoms with van der Waals surface area (Å²) >= 11 is 1.14. The molecule has 2 N–H and O–H groups in total. The SMILES string of the molecule is CN(C)C(=O)[C@H](CO)CC(=O)c1ccc2c(c1)nc(Nc1nc3ccc(OC(F)(F)F)cc3s1)n2C. The minimum atomic E-state index is -4.78. The lowest BCUT2D eigenvalue weighted by Gasteiger charge is -2.17. The number of alkyl halides is 3. The van der Waals surface area contributed by atoms with Gasteiger partial charge < -0.3 is 24.6 Å². The van der Waals surface area contributed by atoms with E-state index < -0.39 is 18.9 Å². The molecule has 0 saturated heterocycles. The summed E-state index contributed by atoms with van der Waals surface area (Å²) in [4.78, 5) is 35.1. The van der Waals surface area contributed by atoms with Crippen LogP contribution in [0.2, 0.25) is 0 Å². The molecule has 2 heterocycles. The van der Waals surface area contributed by atoms with E-state index in [1.807, 2.05) is 0 Å². The molecule has 1 atom stereocenters. The number of benzene rings is 2. The van der Waals surface area contributed by atoms with Crippen LogP contribution >= 0.6 is 11.3 Å². The van der Waals surface area contributed by atoms with Crippen molar-refractivity contribution in [3.8, 4) is 5.75 Å². The summed E-state index contributed by atoms with van der Waals surface area (Å²) in [5, 5.41) is 13.0. The van der Waals surface area contributed by atoms with E-state index in [1.165, 1.54) is 23.1 Å². The molecule has 36 heavy (non-hydrogen) atoms. The van der Waals surface area contributed by atoms with Gasteiger partial charge in [-0.3, -0.25) is 9.59 Å². The zero-order valence-corrected chi connectivity index (χ0v) is 20.3. The number of nitrogens with zero attached hydrogens (tertiary/aromatic N) is 4. The second-order valence-corrected chi connectivity index (χ2v) is 9.29. The molecular formula is C23H22F3N5O4S. The highest BCUT2D eigenvalue weighted by molar-refractivity contribution is 7.22. The number of hydrogen-bond acceptors (Lipinski definition) is 8. The monoisotopic (exact) mass is 521 g/mol. The maximum atomic E-state index is 12.8. The third-order valence-corrected chi connectivity index (χ3v) is 6.39. The molecule has 190 valence electrons. The van der Waals surface area contributed by atoms with Crippen LogP contribution in [0, 0.1) is 5.92 Å². The fraction of sp³-hybridized carbons (Fsp3) is 0.304. The predicted octanol–water partition coefficient (Wildman–Crippen LogP) is 4.09. The number of carbonyl (C=O) groups is 2. The maximum absolute atomic E-state index is 12.8. The second kappa shape index (κ2) is 9.74. The van der Waals surface area contributed by atoms with Crippen molar-refractivity contribution in [3.63, 3.8) is 0 Å². The van der Waals surface area contributed by atoms with E-state index in [0.29, 0.717) is 32.4 Å². The summed E-state index contributed by atoms with van der Waals surface area (Å²) in [7, 11) is 4.88. The number of aliphatic hydroxyl groups is 1. The minimum absolute atomic E-state index is 0.136. The molecule has 0 aliphatic carbocycles. The van der Waals surface area contributed by atoms with Gasteiger partial charge in [0.2, 0.25) is 11.9 Å². The Morgan fingerprint density at radius 2 is 1.92 bits per heavy atom. The van der Waals surface area contributed by atoms with Gasteiger partial charge in [0, 0.05) is 39.2 Å². The number of anilines is 2. The molecule has 0 aliphatic rings. The molecule has 1 amide bonds. The third kappa shape index (κ3) is 5.41. The van der Waals surface area contributed by atoms with E-state index in [0.717, 1.165) is 16.9 Å². The molecule has 0 aliphatic heterocycles. The number of thiazole rings is 1. The number of ether oxygens (including phenoxy) is 1. The van der Waals surface area contributed by atoms with Gasteiger partial charge in [0.05, 0.1) is 33.8 Å². The number of ketones is 1. The van der Waals surface area contributed by atoms with Crippen LogP contribution in [0.3, 0.4) is 0 Å². The summed E-state index contributed by atoms with van der Waals surface area (Å²) in [6.45, 7) is -0.436. The second-order valence-electron chi connectivity index (χ2n) is 8.26. The lowest BCUT2D eigenvalue weighted by Crippen LogP contribution is -2.33. The number of halogens is 3. The van der Waals surface area contributed by atoms with Crippen molar-refractivity contribution in [3.05, 3.63) is 42.0 Å². The van der Waals surface area contributed by atoms with Crippen LogP contribution in [-0.4, -0.2) is 63.3 Å². The lowest BCUT2D eigenvalue weighted by atomic mass is 9.97. The summed E-state index contributed by atoms with van der Waals surface area (Å²) < 4.78 is 43.7. The van der Waals surface area contributed by atoms with Crippen molar-refractivity contribution in [2.75, 3.05) is 26.0 Å². The molecular weight excluding hydrogens is 499 g/mol. The van der Waals surface area contributed by atoms with Crippen LogP contribution in [0.25, 0.3) is 21.3 Å². The summed E-state index contributed by atoms with van der Waals surface area (Å²) in [6, 6.07) is 8.85. The average Bonchev–Trinajstić information content (AvgIpc) is 3.35. The molecule has 0 bridgehead atoms. The van der Waals surface area contributed by atoms with Crippen LogP contribution in [0.15, 0.2) is 36.4 Å². The Hall–Kier alpha value is -3.71. The van der Waals surface area contributed by atoms with E-state index >= 15 is 0 Å². The van der Waals surface area contributed by atoms with Gasteiger partial charge in [0.15, 0.2) is 10.9 Å². The van der Waals surface area contributed by atoms with Gasteiger partial charge in [0.25, 0.3) is 0 Å². The number of carbonyl (C=O) groups excluding carboxylic acids is 2. The molecule has 4 rings (SSSR count). The molecule has 13 heteroatoms. The molecule has 0 radical (unpaired) electrons. The fourth-order valence-electron chi connectivity index (χ4n) is 3.67. The Morgan fingerprint density at radius 1 is 1.17 bits per heavy atom. The zero-order chi connectivity index (χ0) is 26.2. The molecule has 9 nitrogen and oxygen atoms in total. The number of aryl methyl sites for hydroxylation is 1. The van der Waals surface area contributed by atoms with Crippen molar-refractivity contribution in [1.29, 1.82) is 0 Å². The maximum Gasteiger partial charge on any atom is 0.573 e. The number of fused-ring (bicyclic) bond motifs is 2. The first-order valence-corrected chi connectivity index (χ1v) is 11.5. The summed E-state index contributed by atoms with van der Waals surface area (Å²) in [5.41, 5.74) is 2.09. The first kappa shape index (κ1) is 25.4. The largest absolute Gasteiger partial charge is 0.573 e. The Kier molecular flexibility index (Phi) is 6.87. The van der Waals surface area contributed by atoms with Crippen molar-refractivity contribution < 1.29 is 32.6 Å². The van der Waals surface area contributed by atoms with Crippen molar-refractivity contribution in [1.82, 2.24) is 19.4 Å². The number of rotatable bonds is 8. The Bertz CT molecular complexity index is 1450. The smallest absolute Gasteiger partial charge is 0.406 e. The third-order valence-electron chi connectivity index (χ3n) is 5.46. The van der Waals surface area contributed by atoms with Crippen molar-refractivity contribution in [2.24, 2.45) is 13.0 Å². The molecule has 0 spiro atoms. The van der Waals surface area contributed by atoms with Crippen LogP contribution in [0.4, 0.5) is 24.3 Å². The lowest BCUT2D eigenvalue weighted by molar-refractivity contribution is -0.274. The predicted molar refractivity (Wildman–Crippen MR) is 129 cm³/mol. The standard InChI is InChI=1S/C23H22F3N5O4S/c1-30(2)20(34)13(11-32)9-18(33)12-4-7-17-16(8-12)27-21(31(17)3)29-22-28-15-6-5-14(10-19(15)36-22)35-23(24,25)26/h4-8,10,13,32H,9,11H2,1-3H3,(H,27,28,29)/t13-/m0/s1. The molecule has 0 unspecified atom stereocenters. The number of hydrogen-bond donors (Lipinski definition) is 2. The molecule has 2 aromatic heterocycles. The number of aliphatic hydroxyl groups excluding tert-OH is 1. The van der Waals surface area contributed by atoms with Crippen LogP contribution < -0.4 is 10.1 Å². The highest BCUT2D eigenvalue weighted by atomic mass is 32.1. The quantitative estimate of drug-likeness (QED) is 0.336. The fourth-order valence-corrected chi connectivity index (χ4v) is 4.56. The van der Waals surface area contributed by atoms with Gasteiger partial charge in [-0.25, -0.2) is 9.97 Å². The van der Waals surface area contributed by atoms with Gasteiger partial charge in [0.1, 0.15) is 5.75 Å². The van der Waals surface area contributed by atoms with Gasteiger partial charge in [-0.1, -0.05) is 11.3 Å².